The van der Waals surface area contributed by atoms with Crippen LogP contribution in [0.1, 0.15) is 59.8 Å². The van der Waals surface area contributed by atoms with Crippen LogP contribution in [-0.2, 0) is 0 Å². The van der Waals surface area contributed by atoms with E-state index in [-0.39, 0.29) is 0 Å². The van der Waals surface area contributed by atoms with Crippen LogP contribution in [0.25, 0.3) is 0 Å². The van der Waals surface area contributed by atoms with Gasteiger partial charge in [0, 0.05) is 0 Å². The van der Waals surface area contributed by atoms with E-state index in [0.717, 1.165) is 0 Å². The summed E-state index contributed by atoms with van der Waals surface area (Å²) in [6.07, 6.45) is 15.1. The lowest BCUT2D eigenvalue weighted by atomic mass is 10.0. The van der Waals surface area contributed by atoms with Gasteiger partial charge in [-0.2, -0.15) is 0 Å². The lowest BCUT2D eigenvalue weighted by Gasteiger charge is -2.02. The quantitative estimate of drug-likeness (QED) is 0.385. The van der Waals surface area contributed by atoms with E-state index in [1.54, 1.807) is 5.57 Å². The molecule has 0 saturated heterocycles. The first kappa shape index (κ1) is 14.2. The molecule has 0 aliphatic heterocycles. The standard InChI is InChI=1S/C15H26/c1-5-7-8-9-12-15(6-2)13-10-11-14(3)4/h5,7,11-12H,6,8-10,13H2,1-4H3/b7-5-,15-12-. The van der Waals surface area contributed by atoms with Crippen LogP contribution in [0, 0.1) is 0 Å². The van der Waals surface area contributed by atoms with Crippen molar-refractivity contribution in [1.29, 1.82) is 0 Å². The van der Waals surface area contributed by atoms with E-state index >= 15 is 0 Å². The summed E-state index contributed by atoms with van der Waals surface area (Å²) in [6.45, 7) is 8.67. The van der Waals surface area contributed by atoms with Crippen molar-refractivity contribution in [3.8, 4) is 0 Å². The second-order valence-corrected chi connectivity index (χ2v) is 4.18. The minimum absolute atomic E-state index is 1.18. The highest BCUT2D eigenvalue weighted by Crippen LogP contribution is 2.12. The van der Waals surface area contributed by atoms with Crippen molar-refractivity contribution >= 4 is 0 Å². The molecule has 0 nitrogen and oxygen atoms in total. The zero-order valence-corrected chi connectivity index (χ0v) is 10.8. The van der Waals surface area contributed by atoms with Crippen LogP contribution in [0.4, 0.5) is 0 Å². The Morgan fingerprint density at radius 1 is 1.00 bits per heavy atom. The van der Waals surface area contributed by atoms with Gasteiger partial charge in [0.25, 0.3) is 0 Å². The summed E-state index contributed by atoms with van der Waals surface area (Å²) < 4.78 is 0. The topological polar surface area (TPSA) is 0 Å². The summed E-state index contributed by atoms with van der Waals surface area (Å²) in [7, 11) is 0. The highest BCUT2D eigenvalue weighted by Gasteiger charge is 1.92. The van der Waals surface area contributed by atoms with E-state index < -0.39 is 0 Å². The smallest absolute Gasteiger partial charge is 0.0286 e. The highest BCUT2D eigenvalue weighted by atomic mass is 14.0. The Balaban J connectivity index is 3.85. The summed E-state index contributed by atoms with van der Waals surface area (Å²) in [5.74, 6) is 0. The second-order valence-electron chi connectivity index (χ2n) is 4.18. The second kappa shape index (κ2) is 9.76. The van der Waals surface area contributed by atoms with Gasteiger partial charge in [-0.05, 0) is 52.9 Å². The summed E-state index contributed by atoms with van der Waals surface area (Å²) in [5, 5.41) is 0. The fourth-order valence-corrected chi connectivity index (χ4v) is 1.52. The zero-order valence-electron chi connectivity index (χ0n) is 10.8. The van der Waals surface area contributed by atoms with Crippen LogP contribution in [-0.4, -0.2) is 0 Å². The van der Waals surface area contributed by atoms with Crippen LogP contribution in [0.2, 0.25) is 0 Å². The average Bonchev–Trinajstić information content (AvgIpc) is 2.21. The minimum atomic E-state index is 1.18. The Morgan fingerprint density at radius 2 is 1.73 bits per heavy atom. The molecule has 0 radical (unpaired) electrons. The monoisotopic (exact) mass is 206 g/mol. The first-order valence-electron chi connectivity index (χ1n) is 6.13. The van der Waals surface area contributed by atoms with Crippen molar-refractivity contribution in [1.82, 2.24) is 0 Å². The molecule has 0 atom stereocenters. The van der Waals surface area contributed by atoms with E-state index in [0.29, 0.717) is 0 Å². The summed E-state index contributed by atoms with van der Waals surface area (Å²) in [5.41, 5.74) is 3.04. The minimum Gasteiger partial charge on any atom is -0.0917 e. The number of unbranched alkanes of at least 4 members (excludes halogenated alkanes) is 1. The molecule has 0 spiro atoms. The van der Waals surface area contributed by atoms with Gasteiger partial charge in [-0.1, -0.05) is 42.4 Å². The van der Waals surface area contributed by atoms with E-state index in [1.165, 1.54) is 37.7 Å². The molecule has 0 aromatic rings. The Hall–Kier alpha value is -0.780. The maximum absolute atomic E-state index is 2.42. The van der Waals surface area contributed by atoms with Crippen molar-refractivity contribution in [3.63, 3.8) is 0 Å². The maximum atomic E-state index is 2.42. The molecule has 0 unspecified atom stereocenters. The van der Waals surface area contributed by atoms with E-state index in [1.807, 2.05) is 0 Å². The summed E-state index contributed by atoms with van der Waals surface area (Å²) >= 11 is 0. The van der Waals surface area contributed by atoms with Crippen LogP contribution >= 0.6 is 0 Å². The van der Waals surface area contributed by atoms with E-state index in [4.69, 9.17) is 0 Å². The third-order valence-corrected chi connectivity index (χ3v) is 2.47. The fraction of sp³-hybridized carbons (Fsp3) is 0.600. The average molecular weight is 206 g/mol. The van der Waals surface area contributed by atoms with Gasteiger partial charge in [-0.15, -0.1) is 0 Å². The van der Waals surface area contributed by atoms with Gasteiger partial charge in [0.15, 0.2) is 0 Å². The van der Waals surface area contributed by atoms with Gasteiger partial charge in [0.2, 0.25) is 0 Å². The van der Waals surface area contributed by atoms with Gasteiger partial charge >= 0.3 is 0 Å². The molecule has 0 aliphatic rings. The number of hydrogen-bond acceptors (Lipinski definition) is 0. The predicted octanol–water partition coefficient (Wildman–Crippen LogP) is 5.43. The fourth-order valence-electron chi connectivity index (χ4n) is 1.52. The molecule has 0 fully saturated rings. The molecule has 0 aromatic heterocycles. The molecule has 0 N–H and O–H groups in total. The first-order chi connectivity index (χ1) is 7.20. The largest absolute Gasteiger partial charge is 0.0917 e. The summed E-state index contributed by atoms with van der Waals surface area (Å²) in [6, 6.07) is 0. The molecule has 0 heterocycles. The van der Waals surface area contributed by atoms with Gasteiger partial charge in [0.1, 0.15) is 0 Å². The zero-order chi connectivity index (χ0) is 11.5. The molecule has 0 amide bonds. The third-order valence-electron chi connectivity index (χ3n) is 2.47. The van der Waals surface area contributed by atoms with Crippen LogP contribution in [0.15, 0.2) is 35.5 Å². The van der Waals surface area contributed by atoms with Gasteiger partial charge in [-0.3, -0.25) is 0 Å². The number of rotatable bonds is 7. The predicted molar refractivity (Wildman–Crippen MR) is 71.1 cm³/mol. The summed E-state index contributed by atoms with van der Waals surface area (Å²) in [4.78, 5) is 0. The van der Waals surface area contributed by atoms with Crippen LogP contribution < -0.4 is 0 Å². The van der Waals surface area contributed by atoms with Crippen LogP contribution in [0.5, 0.6) is 0 Å². The highest BCUT2D eigenvalue weighted by molar-refractivity contribution is 5.04. The van der Waals surface area contributed by atoms with Crippen molar-refractivity contribution in [2.24, 2.45) is 0 Å². The molecule has 0 bridgehead atoms. The van der Waals surface area contributed by atoms with Crippen molar-refractivity contribution in [2.75, 3.05) is 0 Å². The Kier molecular flexibility index (Phi) is 9.26. The Labute approximate surface area is 95.8 Å². The van der Waals surface area contributed by atoms with Gasteiger partial charge < -0.3 is 0 Å². The molecular weight excluding hydrogens is 180 g/mol. The van der Waals surface area contributed by atoms with E-state index in [2.05, 4.69) is 52.0 Å². The van der Waals surface area contributed by atoms with Gasteiger partial charge in [-0.25, -0.2) is 0 Å². The molecule has 0 aromatic carbocycles. The molecule has 86 valence electrons. The molecule has 0 aliphatic carbocycles. The molecule has 0 heteroatoms. The molecular formula is C15H26. The first-order valence-corrected chi connectivity index (χ1v) is 6.13. The Morgan fingerprint density at radius 3 is 2.27 bits per heavy atom. The Bertz CT molecular complexity index is 224. The third kappa shape index (κ3) is 9.52. The SMILES string of the molecule is C/C=C\CC/C=C(/CC)CCC=C(C)C. The molecule has 0 saturated carbocycles. The number of allylic oxidation sites excluding steroid dienone is 6. The molecule has 15 heavy (non-hydrogen) atoms. The number of hydrogen-bond donors (Lipinski definition) is 0. The van der Waals surface area contributed by atoms with Crippen molar-refractivity contribution in [3.05, 3.63) is 35.5 Å². The lowest BCUT2D eigenvalue weighted by Crippen LogP contribution is -1.82. The van der Waals surface area contributed by atoms with Crippen LogP contribution in [0.3, 0.4) is 0 Å². The van der Waals surface area contributed by atoms with Gasteiger partial charge in [0.05, 0.1) is 0 Å². The van der Waals surface area contributed by atoms with Crippen molar-refractivity contribution < 1.29 is 0 Å². The lowest BCUT2D eigenvalue weighted by molar-refractivity contribution is 0.879. The van der Waals surface area contributed by atoms with Crippen molar-refractivity contribution in [2.45, 2.75) is 59.8 Å². The maximum Gasteiger partial charge on any atom is -0.0286 e. The molecule has 0 rings (SSSR count). The normalized spacial score (nSPS) is 12.1. The van der Waals surface area contributed by atoms with E-state index in [9.17, 15) is 0 Å².